The third-order valence-corrected chi connectivity index (χ3v) is 6.75. The molecule has 2 N–H and O–H groups in total. The van der Waals surface area contributed by atoms with Crippen molar-refractivity contribution < 1.29 is 19.1 Å². The van der Waals surface area contributed by atoms with E-state index >= 15 is 0 Å². The first-order valence-corrected chi connectivity index (χ1v) is 11.8. The lowest BCUT2D eigenvalue weighted by Gasteiger charge is -2.22. The van der Waals surface area contributed by atoms with Crippen LogP contribution in [-0.4, -0.2) is 35.0 Å². The minimum absolute atomic E-state index is 0.0257. The van der Waals surface area contributed by atoms with Crippen molar-refractivity contribution in [2.45, 2.75) is 46.2 Å². The van der Waals surface area contributed by atoms with Crippen LogP contribution in [0.2, 0.25) is 5.02 Å². The molecule has 0 spiro atoms. The molecule has 3 aromatic rings. The molecular formula is C28H30ClFN2O3. The minimum Gasteiger partial charge on any atom is -0.480 e. The summed E-state index contributed by atoms with van der Waals surface area (Å²) in [6.07, 6.45) is 0.825. The van der Waals surface area contributed by atoms with Crippen LogP contribution in [0.25, 0.3) is 11.1 Å². The Kier molecular flexibility index (Phi) is 8.18. The van der Waals surface area contributed by atoms with Gasteiger partial charge in [-0.1, -0.05) is 42.8 Å². The molecule has 5 nitrogen and oxygen atoms in total. The summed E-state index contributed by atoms with van der Waals surface area (Å²) in [5.41, 5.74) is 4.92. The maximum atomic E-state index is 14.8. The van der Waals surface area contributed by atoms with Gasteiger partial charge in [0.2, 0.25) is 0 Å². The van der Waals surface area contributed by atoms with Gasteiger partial charge in [-0.15, -0.1) is 0 Å². The van der Waals surface area contributed by atoms with Gasteiger partial charge in [0.15, 0.2) is 0 Å². The van der Waals surface area contributed by atoms with Gasteiger partial charge in [-0.3, -0.25) is 4.79 Å². The number of hydrogen-bond acceptors (Lipinski definition) is 3. The lowest BCUT2D eigenvalue weighted by atomic mass is 9.97. The normalized spacial score (nSPS) is 12.7. The van der Waals surface area contributed by atoms with E-state index < -0.39 is 17.9 Å². The number of nitrogens with zero attached hydrogens (tertiary/aromatic N) is 1. The van der Waals surface area contributed by atoms with Crippen LogP contribution in [0.15, 0.2) is 54.6 Å². The Morgan fingerprint density at radius 3 is 2.37 bits per heavy atom. The molecule has 35 heavy (non-hydrogen) atoms. The number of likely N-dealkylation sites (N-methyl/N-ethyl adjacent to an activating group) is 1. The topological polar surface area (TPSA) is 69.6 Å². The van der Waals surface area contributed by atoms with Crippen molar-refractivity contribution in [3.8, 4) is 11.1 Å². The number of benzene rings is 3. The number of hydrogen-bond donors (Lipinski definition) is 2. The second-order valence-electron chi connectivity index (χ2n) is 8.77. The number of carboxylic acid groups (broad SMARTS) is 1. The van der Waals surface area contributed by atoms with E-state index in [9.17, 15) is 19.1 Å². The Balaban J connectivity index is 1.89. The Labute approximate surface area is 210 Å². The number of amides is 1. The average Bonchev–Trinajstić information content (AvgIpc) is 2.83. The highest BCUT2D eigenvalue weighted by atomic mass is 35.5. The van der Waals surface area contributed by atoms with E-state index in [4.69, 9.17) is 11.6 Å². The van der Waals surface area contributed by atoms with Gasteiger partial charge in [-0.2, -0.15) is 0 Å². The van der Waals surface area contributed by atoms with Gasteiger partial charge in [0.05, 0.1) is 6.04 Å². The smallest absolute Gasteiger partial charge is 0.326 e. The van der Waals surface area contributed by atoms with Crippen molar-refractivity contribution in [3.63, 3.8) is 0 Å². The van der Waals surface area contributed by atoms with E-state index in [0.29, 0.717) is 27.3 Å². The first kappa shape index (κ1) is 26.2. The van der Waals surface area contributed by atoms with Gasteiger partial charge >= 0.3 is 5.97 Å². The maximum absolute atomic E-state index is 14.8. The predicted octanol–water partition coefficient (Wildman–Crippen LogP) is 6.87. The van der Waals surface area contributed by atoms with Crippen LogP contribution >= 0.6 is 11.6 Å². The Bertz CT molecular complexity index is 1260. The molecule has 0 aliphatic carbocycles. The highest BCUT2D eigenvalue weighted by Gasteiger charge is 2.24. The molecule has 3 rings (SSSR count). The van der Waals surface area contributed by atoms with Crippen molar-refractivity contribution in [2.75, 3.05) is 12.4 Å². The monoisotopic (exact) mass is 496 g/mol. The third-order valence-electron chi connectivity index (χ3n) is 6.33. The Morgan fingerprint density at radius 1 is 1.06 bits per heavy atom. The molecule has 0 aromatic heterocycles. The average molecular weight is 497 g/mol. The number of halogens is 2. The maximum Gasteiger partial charge on any atom is 0.326 e. The predicted molar refractivity (Wildman–Crippen MR) is 139 cm³/mol. The number of nitrogens with one attached hydrogen (secondary N) is 1. The first-order valence-electron chi connectivity index (χ1n) is 11.5. The molecule has 1 unspecified atom stereocenters. The van der Waals surface area contributed by atoms with E-state index in [0.717, 1.165) is 23.2 Å². The number of anilines is 1. The lowest BCUT2D eigenvalue weighted by molar-refractivity contribution is -0.141. The van der Waals surface area contributed by atoms with Crippen molar-refractivity contribution in [1.29, 1.82) is 0 Å². The van der Waals surface area contributed by atoms with Gasteiger partial charge < -0.3 is 15.3 Å². The molecule has 2 atom stereocenters. The minimum atomic E-state index is -1.08. The quantitative estimate of drug-likeness (QED) is 0.357. The van der Waals surface area contributed by atoms with E-state index in [2.05, 4.69) is 18.3 Å². The van der Waals surface area contributed by atoms with Gasteiger partial charge in [-0.25, -0.2) is 9.18 Å². The van der Waals surface area contributed by atoms with E-state index in [1.807, 2.05) is 19.1 Å². The van der Waals surface area contributed by atoms with Crippen LogP contribution < -0.4 is 5.32 Å². The summed E-state index contributed by atoms with van der Waals surface area (Å²) in [7, 11) is 1.45. The summed E-state index contributed by atoms with van der Waals surface area (Å²) >= 11 is 6.17. The largest absolute Gasteiger partial charge is 0.480 e. The Hall–Kier alpha value is -3.38. The molecule has 3 aromatic carbocycles. The molecule has 0 saturated heterocycles. The molecular weight excluding hydrogens is 467 g/mol. The van der Waals surface area contributed by atoms with E-state index in [1.165, 1.54) is 24.9 Å². The summed E-state index contributed by atoms with van der Waals surface area (Å²) in [5.74, 6) is -1.86. The summed E-state index contributed by atoms with van der Waals surface area (Å²) in [4.78, 5) is 25.2. The molecule has 7 heteroatoms. The molecule has 0 fully saturated rings. The van der Waals surface area contributed by atoms with Gasteiger partial charge in [0, 0.05) is 28.9 Å². The van der Waals surface area contributed by atoms with Crippen LogP contribution in [0, 0.1) is 19.7 Å². The number of rotatable bonds is 8. The van der Waals surface area contributed by atoms with Crippen LogP contribution in [0.1, 0.15) is 53.4 Å². The van der Waals surface area contributed by atoms with E-state index in [1.54, 1.807) is 37.3 Å². The second kappa shape index (κ2) is 10.9. The standard InChI is InChI=1S/C28H30ClFN2O3/c1-6-26(20-8-11-24(29)17(3)14-20)31-21-9-12-25(30)23(15-21)19-7-10-22(16(2)13-19)27(33)32(5)18(4)28(34)35/h7-15,18,26,31H,6H2,1-5H3,(H,34,35)/t18-,26?/m0/s1. The van der Waals surface area contributed by atoms with Gasteiger partial charge in [0.1, 0.15) is 11.9 Å². The first-order chi connectivity index (χ1) is 16.5. The molecule has 0 aliphatic rings. The fourth-order valence-corrected chi connectivity index (χ4v) is 4.06. The van der Waals surface area contributed by atoms with Crippen molar-refractivity contribution in [3.05, 3.63) is 87.7 Å². The number of carbonyl (C=O) groups is 2. The lowest BCUT2D eigenvalue weighted by Crippen LogP contribution is -2.40. The zero-order valence-electron chi connectivity index (χ0n) is 20.5. The number of carbonyl (C=O) groups excluding carboxylic acids is 1. The Morgan fingerprint density at radius 2 is 1.77 bits per heavy atom. The SMILES string of the molecule is CCC(Nc1ccc(F)c(-c2ccc(C(=O)N(C)[C@@H](C)C(=O)O)c(C)c2)c1)c1ccc(Cl)c(C)c1. The summed E-state index contributed by atoms with van der Waals surface area (Å²) in [6.45, 7) is 7.25. The molecule has 1 amide bonds. The molecule has 184 valence electrons. The second-order valence-corrected chi connectivity index (χ2v) is 9.18. The van der Waals surface area contributed by atoms with E-state index in [-0.39, 0.29) is 11.9 Å². The summed E-state index contributed by atoms with van der Waals surface area (Å²) in [5, 5.41) is 13.4. The fraction of sp³-hybridized carbons (Fsp3) is 0.286. The number of aryl methyl sites for hydroxylation is 2. The molecule has 0 radical (unpaired) electrons. The third kappa shape index (κ3) is 5.82. The zero-order valence-corrected chi connectivity index (χ0v) is 21.3. The highest BCUT2D eigenvalue weighted by Crippen LogP contribution is 2.31. The zero-order chi connectivity index (χ0) is 25.9. The van der Waals surface area contributed by atoms with Gasteiger partial charge in [-0.05, 0) is 79.8 Å². The van der Waals surface area contributed by atoms with Crippen molar-refractivity contribution in [1.82, 2.24) is 4.90 Å². The molecule has 0 heterocycles. The summed E-state index contributed by atoms with van der Waals surface area (Å²) < 4.78 is 14.8. The molecule has 0 bridgehead atoms. The van der Waals surface area contributed by atoms with Crippen molar-refractivity contribution in [2.24, 2.45) is 0 Å². The molecule has 0 aliphatic heterocycles. The van der Waals surface area contributed by atoms with Crippen LogP contribution in [-0.2, 0) is 4.79 Å². The van der Waals surface area contributed by atoms with Crippen molar-refractivity contribution >= 4 is 29.2 Å². The molecule has 0 saturated carbocycles. The van der Waals surface area contributed by atoms with Crippen LogP contribution in [0.5, 0.6) is 0 Å². The fourth-order valence-electron chi connectivity index (χ4n) is 3.95. The van der Waals surface area contributed by atoms with Crippen LogP contribution in [0.3, 0.4) is 0 Å². The summed E-state index contributed by atoms with van der Waals surface area (Å²) in [6, 6.07) is 14.9. The number of carboxylic acids is 1. The van der Waals surface area contributed by atoms with Crippen LogP contribution in [0.4, 0.5) is 10.1 Å². The highest BCUT2D eigenvalue weighted by molar-refractivity contribution is 6.31. The van der Waals surface area contributed by atoms with Gasteiger partial charge in [0.25, 0.3) is 5.91 Å². The number of aliphatic carboxylic acids is 1.